The van der Waals surface area contributed by atoms with Crippen molar-refractivity contribution >= 4 is 17.6 Å². The van der Waals surface area contributed by atoms with Gasteiger partial charge in [0.1, 0.15) is 0 Å². The molecule has 0 aromatic rings. The van der Waals surface area contributed by atoms with Crippen molar-refractivity contribution in [1.29, 1.82) is 0 Å². The smallest absolute Gasteiger partial charge is 0.357 e. The topological polar surface area (TPSA) is 48.1 Å². The highest BCUT2D eigenvalue weighted by Crippen LogP contribution is 2.63. The van der Waals surface area contributed by atoms with E-state index in [1.165, 1.54) is 7.11 Å². The number of rotatable bonds is 4. The Morgan fingerprint density at radius 1 is 1.57 bits per heavy atom. The van der Waals surface area contributed by atoms with Crippen LogP contribution >= 0.6 is 11.6 Å². The molecule has 2 aliphatic rings. The molecule has 14 heavy (non-hydrogen) atoms. The van der Waals surface area contributed by atoms with E-state index in [-0.39, 0.29) is 0 Å². The Morgan fingerprint density at radius 3 is 2.64 bits per heavy atom. The van der Waals surface area contributed by atoms with Gasteiger partial charge in [-0.3, -0.25) is 0 Å². The molecule has 0 N–H and O–H groups in total. The second-order valence-electron chi connectivity index (χ2n) is 3.79. The Balaban J connectivity index is 2.13. The number of hydrogen-bond acceptors (Lipinski definition) is 4. The van der Waals surface area contributed by atoms with Gasteiger partial charge in [-0.2, -0.15) is 0 Å². The van der Waals surface area contributed by atoms with E-state index in [9.17, 15) is 4.79 Å². The van der Waals surface area contributed by atoms with Crippen LogP contribution in [0, 0.1) is 5.92 Å². The molecule has 80 valence electrons. The van der Waals surface area contributed by atoms with Gasteiger partial charge >= 0.3 is 5.97 Å². The summed E-state index contributed by atoms with van der Waals surface area (Å²) in [5.74, 6) is -0.192. The monoisotopic (exact) mass is 220 g/mol. The molecule has 1 saturated heterocycles. The predicted octanol–water partition coefficient (Wildman–Crippen LogP) is 0.920. The number of carbonyl (C=O) groups excluding carboxylic acids is 1. The summed E-state index contributed by atoms with van der Waals surface area (Å²) in [6.07, 6.45) is 2.07. The molecule has 1 aliphatic heterocycles. The van der Waals surface area contributed by atoms with E-state index in [1.54, 1.807) is 7.11 Å². The van der Waals surface area contributed by atoms with E-state index in [0.717, 1.165) is 12.8 Å². The van der Waals surface area contributed by atoms with Crippen molar-refractivity contribution < 1.29 is 19.0 Å². The van der Waals surface area contributed by atoms with Gasteiger partial charge < -0.3 is 14.2 Å². The van der Waals surface area contributed by atoms with E-state index in [1.807, 2.05) is 0 Å². The van der Waals surface area contributed by atoms with Gasteiger partial charge in [0.2, 0.25) is 0 Å². The fraction of sp³-hybridized carbons (Fsp3) is 0.889. The van der Waals surface area contributed by atoms with Gasteiger partial charge in [0.25, 0.3) is 5.06 Å². The van der Waals surface area contributed by atoms with Gasteiger partial charge in [0.05, 0.1) is 13.7 Å². The van der Waals surface area contributed by atoms with Crippen LogP contribution in [0.5, 0.6) is 0 Å². The van der Waals surface area contributed by atoms with Crippen molar-refractivity contribution in [1.82, 2.24) is 0 Å². The molecule has 0 spiro atoms. The summed E-state index contributed by atoms with van der Waals surface area (Å²) < 4.78 is 15.0. The van der Waals surface area contributed by atoms with Crippen LogP contribution in [0.4, 0.5) is 0 Å². The summed E-state index contributed by atoms with van der Waals surface area (Å²) >= 11 is 6.05. The maximum Gasteiger partial charge on any atom is 0.357 e. The van der Waals surface area contributed by atoms with Gasteiger partial charge in [0.15, 0.2) is 5.60 Å². The zero-order valence-electron chi connectivity index (χ0n) is 8.21. The average molecular weight is 221 g/mol. The molecule has 4 nitrogen and oxygen atoms in total. The first-order chi connectivity index (χ1) is 6.60. The summed E-state index contributed by atoms with van der Waals surface area (Å²) in [6.45, 7) is 0.344. The Labute approximate surface area is 87.5 Å². The molecular formula is C9H13ClO4. The van der Waals surface area contributed by atoms with E-state index in [0.29, 0.717) is 12.5 Å². The first-order valence-electron chi connectivity index (χ1n) is 4.57. The molecule has 2 fully saturated rings. The zero-order chi connectivity index (χ0) is 10.4. The number of hydrogen-bond donors (Lipinski definition) is 0. The quantitative estimate of drug-likeness (QED) is 0.402. The predicted molar refractivity (Wildman–Crippen MR) is 49.0 cm³/mol. The summed E-state index contributed by atoms with van der Waals surface area (Å²) in [5.41, 5.74) is -0.642. The Hall–Kier alpha value is -0.320. The lowest BCUT2D eigenvalue weighted by Crippen LogP contribution is -2.35. The average Bonchev–Trinajstić information content (AvgIpc) is 3.02. The maximum absolute atomic E-state index is 11.4. The van der Waals surface area contributed by atoms with E-state index >= 15 is 0 Å². The molecule has 1 saturated carbocycles. The third-order valence-corrected chi connectivity index (χ3v) is 3.42. The van der Waals surface area contributed by atoms with Crippen LogP contribution in [0.25, 0.3) is 0 Å². The number of alkyl halides is 1. The fourth-order valence-corrected chi connectivity index (χ4v) is 2.34. The minimum atomic E-state index is -1.31. The Kier molecular flexibility index (Phi) is 2.25. The van der Waals surface area contributed by atoms with E-state index in [4.69, 9.17) is 21.1 Å². The normalized spacial score (nSPS) is 40.8. The van der Waals surface area contributed by atoms with Gasteiger partial charge in [-0.1, -0.05) is 11.6 Å². The van der Waals surface area contributed by atoms with Gasteiger partial charge in [-0.15, -0.1) is 0 Å². The summed E-state index contributed by atoms with van der Waals surface area (Å²) in [6, 6.07) is 0. The molecule has 0 bridgehead atoms. The number of methoxy groups -OCH3 is 2. The van der Waals surface area contributed by atoms with Gasteiger partial charge in [0, 0.05) is 7.11 Å². The maximum atomic E-state index is 11.4. The van der Waals surface area contributed by atoms with Crippen molar-refractivity contribution in [2.75, 3.05) is 20.8 Å². The number of carbonyl (C=O) groups is 1. The molecule has 0 aromatic carbocycles. The van der Waals surface area contributed by atoms with Crippen LogP contribution < -0.4 is 0 Å². The highest BCUT2D eigenvalue weighted by Gasteiger charge is 2.80. The lowest BCUT2D eigenvalue weighted by Gasteiger charge is -2.12. The molecule has 1 aliphatic carbocycles. The summed E-state index contributed by atoms with van der Waals surface area (Å²) in [7, 11) is 2.87. The highest BCUT2D eigenvalue weighted by molar-refractivity contribution is 6.36. The number of esters is 1. The third kappa shape index (κ3) is 1.17. The van der Waals surface area contributed by atoms with Crippen LogP contribution in [-0.4, -0.2) is 37.5 Å². The van der Waals surface area contributed by atoms with Crippen molar-refractivity contribution in [3.8, 4) is 0 Å². The first-order valence-corrected chi connectivity index (χ1v) is 4.95. The lowest BCUT2D eigenvalue weighted by atomic mass is 10.00. The Morgan fingerprint density at radius 2 is 2.21 bits per heavy atom. The standard InChI is InChI=1S/C9H13ClO4/c1-12-5-8(6-3-4-6)9(10,14-8)7(11)13-2/h6H,3-5H2,1-2H3. The largest absolute Gasteiger partial charge is 0.466 e. The highest BCUT2D eigenvalue weighted by atomic mass is 35.5. The minimum absolute atomic E-state index is 0.332. The minimum Gasteiger partial charge on any atom is -0.466 e. The third-order valence-electron chi connectivity index (χ3n) is 2.87. The van der Waals surface area contributed by atoms with Crippen molar-refractivity contribution in [3.05, 3.63) is 0 Å². The molecule has 1 heterocycles. The van der Waals surface area contributed by atoms with Crippen LogP contribution in [-0.2, 0) is 19.0 Å². The van der Waals surface area contributed by atoms with Crippen LogP contribution in [0.2, 0.25) is 0 Å². The van der Waals surface area contributed by atoms with Crippen LogP contribution in [0.3, 0.4) is 0 Å². The SMILES string of the molecule is COCC1(C2CC2)OC1(Cl)C(=O)OC. The van der Waals surface area contributed by atoms with Gasteiger partial charge in [-0.05, 0) is 18.8 Å². The molecule has 0 aromatic heterocycles. The van der Waals surface area contributed by atoms with Crippen LogP contribution in [0.1, 0.15) is 12.8 Å². The molecule has 0 radical (unpaired) electrons. The second kappa shape index (κ2) is 3.08. The fourth-order valence-electron chi connectivity index (χ4n) is 1.92. The van der Waals surface area contributed by atoms with Gasteiger partial charge in [-0.25, -0.2) is 4.79 Å². The molecule has 0 amide bonds. The molecule has 2 atom stereocenters. The molecular weight excluding hydrogens is 208 g/mol. The lowest BCUT2D eigenvalue weighted by molar-refractivity contribution is -0.143. The van der Waals surface area contributed by atoms with Crippen LogP contribution in [0.15, 0.2) is 0 Å². The second-order valence-corrected chi connectivity index (χ2v) is 4.32. The van der Waals surface area contributed by atoms with Crippen molar-refractivity contribution in [3.63, 3.8) is 0 Å². The van der Waals surface area contributed by atoms with E-state index in [2.05, 4.69) is 4.74 Å². The first kappa shape index (κ1) is 10.2. The zero-order valence-corrected chi connectivity index (χ0v) is 8.97. The molecule has 2 rings (SSSR count). The van der Waals surface area contributed by atoms with E-state index < -0.39 is 16.6 Å². The summed E-state index contributed by atoms with van der Waals surface area (Å²) in [4.78, 5) is 11.4. The number of halogens is 1. The Bertz CT molecular complexity index is 266. The summed E-state index contributed by atoms with van der Waals surface area (Å²) in [5, 5.41) is -1.31. The molecule has 2 unspecified atom stereocenters. The van der Waals surface area contributed by atoms with Crippen molar-refractivity contribution in [2.24, 2.45) is 5.92 Å². The number of epoxide rings is 1. The number of ether oxygens (including phenoxy) is 3. The van der Waals surface area contributed by atoms with Crippen molar-refractivity contribution in [2.45, 2.75) is 23.5 Å². The molecule has 5 heteroatoms.